The lowest BCUT2D eigenvalue weighted by molar-refractivity contribution is 0.392. The summed E-state index contributed by atoms with van der Waals surface area (Å²) in [7, 11) is 3.86. The van der Waals surface area contributed by atoms with E-state index in [1.165, 1.54) is 6.07 Å². The second kappa shape index (κ2) is 6.93. The highest BCUT2D eigenvalue weighted by atomic mass is 19.1. The molecule has 0 atom stereocenters. The lowest BCUT2D eigenvalue weighted by Gasteiger charge is -2.13. The summed E-state index contributed by atoms with van der Waals surface area (Å²) in [6.07, 6.45) is 1.56. The molecule has 2 aromatic carbocycles. The van der Waals surface area contributed by atoms with E-state index in [1.807, 2.05) is 44.1 Å². The summed E-state index contributed by atoms with van der Waals surface area (Å²) < 4.78 is 13.9. The molecule has 0 aliphatic carbocycles. The summed E-state index contributed by atoms with van der Waals surface area (Å²) in [5.74, 6) is 0.623. The van der Waals surface area contributed by atoms with E-state index in [4.69, 9.17) is 0 Å². The van der Waals surface area contributed by atoms with Crippen LogP contribution in [0, 0.1) is 12.7 Å². The van der Waals surface area contributed by atoms with Gasteiger partial charge in [0, 0.05) is 24.0 Å². The first-order chi connectivity index (χ1) is 11.5. The van der Waals surface area contributed by atoms with Gasteiger partial charge in [0.1, 0.15) is 18.0 Å². The quantitative estimate of drug-likeness (QED) is 0.776. The van der Waals surface area contributed by atoms with Gasteiger partial charge in [0.05, 0.1) is 5.52 Å². The summed E-state index contributed by atoms with van der Waals surface area (Å²) in [6, 6.07) is 11.3. The van der Waals surface area contributed by atoms with Crippen molar-refractivity contribution in [2.75, 3.05) is 19.4 Å². The zero-order valence-corrected chi connectivity index (χ0v) is 14.2. The maximum absolute atomic E-state index is 13.9. The van der Waals surface area contributed by atoms with Crippen molar-refractivity contribution in [3.63, 3.8) is 0 Å². The van der Waals surface area contributed by atoms with Gasteiger partial charge in [0.2, 0.25) is 0 Å². The zero-order valence-electron chi connectivity index (χ0n) is 14.2. The normalized spacial score (nSPS) is 11.2. The Morgan fingerprint density at radius 1 is 1.08 bits per heavy atom. The van der Waals surface area contributed by atoms with Crippen molar-refractivity contribution in [3.05, 3.63) is 65.2 Å². The van der Waals surface area contributed by atoms with Crippen molar-refractivity contribution < 1.29 is 4.39 Å². The molecular formula is C19H21FN4. The summed E-state index contributed by atoms with van der Waals surface area (Å²) in [5.41, 5.74) is 3.79. The van der Waals surface area contributed by atoms with Gasteiger partial charge in [-0.25, -0.2) is 14.4 Å². The average molecular weight is 324 g/mol. The van der Waals surface area contributed by atoms with Gasteiger partial charge in [-0.1, -0.05) is 17.7 Å². The molecule has 0 radical (unpaired) electrons. The summed E-state index contributed by atoms with van der Waals surface area (Å²) >= 11 is 0. The van der Waals surface area contributed by atoms with Crippen LogP contribution in [0.1, 0.15) is 16.7 Å². The Bertz CT molecular complexity index is 861. The molecule has 0 saturated carbocycles. The molecule has 0 fully saturated rings. The number of aryl methyl sites for hydroxylation is 1. The molecule has 3 rings (SSSR count). The fraction of sp³-hybridized carbons (Fsp3) is 0.263. The third-order valence-electron chi connectivity index (χ3n) is 3.85. The predicted octanol–water partition coefficient (Wildman–Crippen LogP) is 3.75. The monoisotopic (exact) mass is 324 g/mol. The molecule has 0 amide bonds. The van der Waals surface area contributed by atoms with Gasteiger partial charge in [-0.15, -0.1) is 0 Å². The van der Waals surface area contributed by atoms with Gasteiger partial charge < -0.3 is 10.2 Å². The van der Waals surface area contributed by atoms with Crippen molar-refractivity contribution >= 4 is 16.7 Å². The molecule has 1 N–H and O–H groups in total. The lowest BCUT2D eigenvalue weighted by Crippen LogP contribution is -2.12. The first-order valence-electron chi connectivity index (χ1n) is 7.90. The molecule has 0 spiro atoms. The van der Waals surface area contributed by atoms with E-state index in [0.29, 0.717) is 18.7 Å². The standard InChI is InChI=1S/C19H21FN4/c1-13-4-7-18-16(8-13)19(23-12-22-18)21-10-14-5-6-17(20)15(9-14)11-24(2)3/h4-9,12H,10-11H2,1-3H3,(H,21,22,23). The summed E-state index contributed by atoms with van der Waals surface area (Å²) in [6.45, 7) is 3.21. The minimum atomic E-state index is -0.171. The van der Waals surface area contributed by atoms with E-state index in [9.17, 15) is 4.39 Å². The van der Waals surface area contributed by atoms with E-state index in [2.05, 4.69) is 21.4 Å². The van der Waals surface area contributed by atoms with Gasteiger partial charge in [0.15, 0.2) is 0 Å². The smallest absolute Gasteiger partial charge is 0.137 e. The number of nitrogens with zero attached hydrogens (tertiary/aromatic N) is 3. The highest BCUT2D eigenvalue weighted by molar-refractivity contribution is 5.89. The Labute approximate surface area is 141 Å². The van der Waals surface area contributed by atoms with Crippen LogP contribution in [0.25, 0.3) is 10.9 Å². The first-order valence-corrected chi connectivity index (χ1v) is 7.90. The van der Waals surface area contributed by atoms with Crippen LogP contribution >= 0.6 is 0 Å². The maximum atomic E-state index is 13.9. The summed E-state index contributed by atoms with van der Waals surface area (Å²) in [5, 5.41) is 4.34. The third-order valence-corrected chi connectivity index (χ3v) is 3.85. The van der Waals surface area contributed by atoms with Crippen LogP contribution in [0.2, 0.25) is 0 Å². The topological polar surface area (TPSA) is 41.1 Å². The number of fused-ring (bicyclic) bond motifs is 1. The second-order valence-corrected chi connectivity index (χ2v) is 6.26. The highest BCUT2D eigenvalue weighted by Crippen LogP contribution is 2.21. The molecule has 0 unspecified atom stereocenters. The maximum Gasteiger partial charge on any atom is 0.137 e. The van der Waals surface area contributed by atoms with Crippen molar-refractivity contribution in [1.82, 2.24) is 14.9 Å². The van der Waals surface area contributed by atoms with E-state index in [0.717, 1.165) is 27.8 Å². The number of benzene rings is 2. The van der Waals surface area contributed by atoms with Gasteiger partial charge >= 0.3 is 0 Å². The molecule has 124 valence electrons. The van der Waals surface area contributed by atoms with Crippen LogP contribution in [-0.2, 0) is 13.1 Å². The lowest BCUT2D eigenvalue weighted by atomic mass is 10.1. The van der Waals surface area contributed by atoms with Gasteiger partial charge in [-0.05, 0) is 50.8 Å². The largest absolute Gasteiger partial charge is 0.365 e. The fourth-order valence-corrected chi connectivity index (χ4v) is 2.70. The Morgan fingerprint density at radius 3 is 2.71 bits per heavy atom. The van der Waals surface area contributed by atoms with Gasteiger partial charge in [-0.2, -0.15) is 0 Å². The molecule has 0 saturated heterocycles. The SMILES string of the molecule is Cc1ccc2ncnc(NCc3ccc(F)c(CN(C)C)c3)c2c1. The van der Waals surface area contributed by atoms with Crippen LogP contribution < -0.4 is 5.32 Å². The Kier molecular flexibility index (Phi) is 4.71. The van der Waals surface area contributed by atoms with E-state index < -0.39 is 0 Å². The molecule has 5 heteroatoms. The third kappa shape index (κ3) is 3.68. The van der Waals surface area contributed by atoms with Crippen molar-refractivity contribution in [1.29, 1.82) is 0 Å². The van der Waals surface area contributed by atoms with Crippen molar-refractivity contribution in [3.8, 4) is 0 Å². The minimum Gasteiger partial charge on any atom is -0.365 e. The highest BCUT2D eigenvalue weighted by Gasteiger charge is 2.07. The van der Waals surface area contributed by atoms with Crippen molar-refractivity contribution in [2.45, 2.75) is 20.0 Å². The minimum absolute atomic E-state index is 0.171. The number of halogens is 1. The molecule has 4 nitrogen and oxygen atoms in total. The van der Waals surface area contributed by atoms with Gasteiger partial charge in [0.25, 0.3) is 0 Å². The Hall–Kier alpha value is -2.53. The number of hydrogen-bond acceptors (Lipinski definition) is 4. The fourth-order valence-electron chi connectivity index (χ4n) is 2.70. The first kappa shape index (κ1) is 16.3. The van der Waals surface area contributed by atoms with Crippen LogP contribution in [0.4, 0.5) is 10.2 Å². The second-order valence-electron chi connectivity index (χ2n) is 6.26. The van der Waals surface area contributed by atoms with Gasteiger partial charge in [-0.3, -0.25) is 0 Å². The molecule has 1 heterocycles. The Morgan fingerprint density at radius 2 is 1.92 bits per heavy atom. The molecule has 3 aromatic rings. The number of aromatic nitrogens is 2. The van der Waals surface area contributed by atoms with Crippen LogP contribution in [0.5, 0.6) is 0 Å². The number of anilines is 1. The number of nitrogens with one attached hydrogen (secondary N) is 1. The number of rotatable bonds is 5. The van der Waals surface area contributed by atoms with Crippen molar-refractivity contribution in [2.24, 2.45) is 0 Å². The van der Waals surface area contributed by atoms with Crippen LogP contribution in [-0.4, -0.2) is 29.0 Å². The molecular weight excluding hydrogens is 303 g/mol. The Balaban J connectivity index is 1.82. The molecule has 24 heavy (non-hydrogen) atoms. The molecule has 1 aromatic heterocycles. The summed E-state index contributed by atoms with van der Waals surface area (Å²) in [4.78, 5) is 10.6. The van der Waals surface area contributed by atoms with E-state index in [1.54, 1.807) is 12.4 Å². The molecule has 0 aliphatic rings. The van der Waals surface area contributed by atoms with Crippen LogP contribution in [0.15, 0.2) is 42.7 Å². The average Bonchev–Trinajstić information content (AvgIpc) is 2.55. The van der Waals surface area contributed by atoms with Crippen LogP contribution in [0.3, 0.4) is 0 Å². The number of hydrogen-bond donors (Lipinski definition) is 1. The molecule has 0 bridgehead atoms. The zero-order chi connectivity index (χ0) is 17.1. The van der Waals surface area contributed by atoms with E-state index >= 15 is 0 Å². The molecule has 0 aliphatic heterocycles. The predicted molar refractivity (Wildman–Crippen MR) is 95.4 cm³/mol. The van der Waals surface area contributed by atoms with E-state index in [-0.39, 0.29) is 5.82 Å².